The van der Waals surface area contributed by atoms with Crippen molar-refractivity contribution in [3.63, 3.8) is 0 Å². The van der Waals surface area contributed by atoms with Gasteiger partial charge in [0.05, 0.1) is 0 Å². The predicted molar refractivity (Wildman–Crippen MR) is 44.9 cm³/mol. The van der Waals surface area contributed by atoms with E-state index in [1.54, 1.807) is 0 Å². The van der Waals surface area contributed by atoms with Crippen molar-refractivity contribution in [3.05, 3.63) is 0 Å². The maximum Gasteiger partial charge on any atom is 0.00501 e. The molecule has 0 spiro atoms. The first-order valence-electron chi connectivity index (χ1n) is 3.89. The Bertz CT molecular complexity index is 80.6. The molecule has 0 N–H and O–H groups in total. The topological polar surface area (TPSA) is 0 Å². The van der Waals surface area contributed by atoms with Gasteiger partial charge in [0, 0.05) is 10.5 Å². The molecular formula is C8H16S. The molecule has 1 heteroatoms. The largest absolute Gasteiger partial charge is 0.155 e. The van der Waals surface area contributed by atoms with Crippen LogP contribution in [-0.4, -0.2) is 10.5 Å². The molecule has 0 aromatic carbocycles. The van der Waals surface area contributed by atoms with Gasteiger partial charge in [-0.3, -0.25) is 0 Å². The first kappa shape index (κ1) is 7.46. The van der Waals surface area contributed by atoms with Gasteiger partial charge >= 0.3 is 0 Å². The quantitative estimate of drug-likeness (QED) is 0.545. The van der Waals surface area contributed by atoms with Gasteiger partial charge in [-0.15, -0.1) is 0 Å². The van der Waals surface area contributed by atoms with Crippen molar-refractivity contribution >= 4 is 11.8 Å². The van der Waals surface area contributed by atoms with E-state index in [2.05, 4.69) is 32.5 Å². The van der Waals surface area contributed by atoms with Crippen molar-refractivity contribution < 1.29 is 0 Å². The third-order valence-corrected chi connectivity index (χ3v) is 4.10. The van der Waals surface area contributed by atoms with E-state index in [9.17, 15) is 0 Å². The van der Waals surface area contributed by atoms with Crippen LogP contribution in [0.15, 0.2) is 0 Å². The molecule has 0 aromatic rings. The van der Waals surface area contributed by atoms with Gasteiger partial charge in [0.25, 0.3) is 0 Å². The maximum absolute atomic E-state index is 2.37. The van der Waals surface area contributed by atoms with E-state index in [0.29, 0.717) is 0 Å². The average molecular weight is 144 g/mol. The Morgan fingerprint density at radius 3 is 2.33 bits per heavy atom. The molecule has 0 nitrogen and oxygen atoms in total. The predicted octanol–water partition coefficient (Wildman–Crippen LogP) is 2.93. The minimum atomic E-state index is 0.912. The molecule has 1 heterocycles. The lowest BCUT2D eigenvalue weighted by Crippen LogP contribution is -2.00. The number of rotatable bonds is 1. The molecule has 3 atom stereocenters. The zero-order chi connectivity index (χ0) is 6.85. The van der Waals surface area contributed by atoms with Crippen molar-refractivity contribution in [3.8, 4) is 0 Å². The highest BCUT2D eigenvalue weighted by Crippen LogP contribution is 2.39. The molecule has 1 saturated heterocycles. The Labute approximate surface area is 62.4 Å². The smallest absolute Gasteiger partial charge is 0.00501 e. The number of hydrogen-bond donors (Lipinski definition) is 0. The standard InChI is InChI=1S/C8H16S/c1-4-8-5-6(2)7(3)9-8/h6-8H,4-5H2,1-3H3. The summed E-state index contributed by atoms with van der Waals surface area (Å²) < 4.78 is 0. The Morgan fingerprint density at radius 1 is 1.44 bits per heavy atom. The summed E-state index contributed by atoms with van der Waals surface area (Å²) in [5.74, 6) is 0.958. The van der Waals surface area contributed by atoms with Gasteiger partial charge in [0.15, 0.2) is 0 Å². The fraction of sp³-hybridized carbons (Fsp3) is 1.00. The van der Waals surface area contributed by atoms with Gasteiger partial charge < -0.3 is 0 Å². The summed E-state index contributed by atoms with van der Waals surface area (Å²) in [7, 11) is 0. The number of hydrogen-bond acceptors (Lipinski definition) is 1. The van der Waals surface area contributed by atoms with Gasteiger partial charge in [-0.25, -0.2) is 0 Å². The fourth-order valence-electron chi connectivity index (χ4n) is 1.36. The van der Waals surface area contributed by atoms with Gasteiger partial charge in [-0.2, -0.15) is 11.8 Å². The van der Waals surface area contributed by atoms with Gasteiger partial charge in [0.2, 0.25) is 0 Å². The lowest BCUT2D eigenvalue weighted by molar-refractivity contribution is 0.547. The molecule has 0 amide bonds. The van der Waals surface area contributed by atoms with Crippen LogP contribution in [0.1, 0.15) is 33.6 Å². The molecule has 1 rings (SSSR count). The minimum absolute atomic E-state index is 0.912. The molecule has 0 bridgehead atoms. The van der Waals surface area contributed by atoms with E-state index in [1.165, 1.54) is 12.8 Å². The van der Waals surface area contributed by atoms with Crippen LogP contribution in [0.4, 0.5) is 0 Å². The summed E-state index contributed by atoms with van der Waals surface area (Å²) in [4.78, 5) is 0. The molecular weight excluding hydrogens is 128 g/mol. The molecule has 9 heavy (non-hydrogen) atoms. The molecule has 0 aliphatic carbocycles. The van der Waals surface area contributed by atoms with Crippen molar-refractivity contribution in [2.24, 2.45) is 5.92 Å². The molecule has 1 aliphatic heterocycles. The fourth-order valence-corrected chi connectivity index (χ4v) is 2.96. The van der Waals surface area contributed by atoms with Crippen LogP contribution in [0.25, 0.3) is 0 Å². The van der Waals surface area contributed by atoms with Crippen LogP contribution in [0.2, 0.25) is 0 Å². The first-order chi connectivity index (χ1) is 4.24. The highest BCUT2D eigenvalue weighted by Gasteiger charge is 2.26. The monoisotopic (exact) mass is 144 g/mol. The third-order valence-electron chi connectivity index (χ3n) is 2.30. The van der Waals surface area contributed by atoms with E-state index < -0.39 is 0 Å². The average Bonchev–Trinajstić information content (AvgIpc) is 2.13. The Hall–Kier alpha value is 0.350. The molecule has 3 unspecified atom stereocenters. The maximum atomic E-state index is 2.37. The molecule has 54 valence electrons. The van der Waals surface area contributed by atoms with Gasteiger partial charge in [-0.05, 0) is 18.8 Å². The van der Waals surface area contributed by atoms with Crippen LogP contribution in [0.3, 0.4) is 0 Å². The van der Waals surface area contributed by atoms with Crippen LogP contribution >= 0.6 is 11.8 Å². The van der Waals surface area contributed by atoms with E-state index in [4.69, 9.17) is 0 Å². The SMILES string of the molecule is CCC1CC(C)C(C)S1. The van der Waals surface area contributed by atoms with Crippen LogP contribution in [-0.2, 0) is 0 Å². The molecule has 1 fully saturated rings. The summed E-state index contributed by atoms with van der Waals surface area (Å²) >= 11 is 2.17. The summed E-state index contributed by atoms with van der Waals surface area (Å²) in [6.07, 6.45) is 2.81. The highest BCUT2D eigenvalue weighted by atomic mass is 32.2. The summed E-state index contributed by atoms with van der Waals surface area (Å²) in [5, 5.41) is 1.88. The zero-order valence-electron chi connectivity index (χ0n) is 6.55. The third kappa shape index (κ3) is 1.64. The lowest BCUT2D eigenvalue weighted by Gasteiger charge is -2.04. The molecule has 0 aromatic heterocycles. The molecule has 0 saturated carbocycles. The van der Waals surface area contributed by atoms with Gasteiger partial charge in [-0.1, -0.05) is 20.8 Å². The number of thioether (sulfide) groups is 1. The van der Waals surface area contributed by atoms with Crippen molar-refractivity contribution in [1.82, 2.24) is 0 Å². The van der Waals surface area contributed by atoms with Crippen LogP contribution in [0.5, 0.6) is 0 Å². The second-order valence-corrected chi connectivity index (χ2v) is 4.77. The van der Waals surface area contributed by atoms with Crippen LogP contribution in [0, 0.1) is 5.92 Å². The first-order valence-corrected chi connectivity index (χ1v) is 4.83. The van der Waals surface area contributed by atoms with Crippen molar-refractivity contribution in [1.29, 1.82) is 0 Å². The van der Waals surface area contributed by atoms with E-state index in [1.807, 2.05) is 0 Å². The van der Waals surface area contributed by atoms with Crippen molar-refractivity contribution in [2.75, 3.05) is 0 Å². The minimum Gasteiger partial charge on any atom is -0.155 e. The zero-order valence-corrected chi connectivity index (χ0v) is 7.37. The van der Waals surface area contributed by atoms with Crippen LogP contribution < -0.4 is 0 Å². The summed E-state index contributed by atoms with van der Waals surface area (Å²) in [5.41, 5.74) is 0. The van der Waals surface area contributed by atoms with E-state index in [-0.39, 0.29) is 0 Å². The lowest BCUT2D eigenvalue weighted by atomic mass is 10.0. The summed E-state index contributed by atoms with van der Waals surface area (Å²) in [6.45, 7) is 7.01. The Morgan fingerprint density at radius 2 is 2.11 bits per heavy atom. The van der Waals surface area contributed by atoms with E-state index >= 15 is 0 Å². The molecule has 1 aliphatic rings. The normalized spacial score (nSPS) is 43.7. The second kappa shape index (κ2) is 2.96. The highest BCUT2D eigenvalue weighted by molar-refractivity contribution is 8.00. The Kier molecular flexibility index (Phi) is 2.45. The van der Waals surface area contributed by atoms with E-state index in [0.717, 1.165) is 16.4 Å². The molecule has 0 radical (unpaired) electrons. The van der Waals surface area contributed by atoms with Gasteiger partial charge in [0.1, 0.15) is 0 Å². The Balaban J connectivity index is 2.35. The summed E-state index contributed by atoms with van der Waals surface area (Å²) in [6, 6.07) is 0. The second-order valence-electron chi connectivity index (χ2n) is 3.08. The van der Waals surface area contributed by atoms with Crippen molar-refractivity contribution in [2.45, 2.75) is 44.1 Å².